The van der Waals surface area contributed by atoms with Crippen LogP contribution in [0.1, 0.15) is 90.9 Å². The quantitative estimate of drug-likeness (QED) is 0.128. The Bertz CT molecular complexity index is 395. The minimum absolute atomic E-state index is 0.0628. The summed E-state index contributed by atoms with van der Waals surface area (Å²) in [6.45, 7) is 8.73. The first-order valence-electron chi connectivity index (χ1n) is 12.8. The number of carboxylic acids is 2. The fourth-order valence-corrected chi connectivity index (χ4v) is 2.33. The van der Waals surface area contributed by atoms with E-state index in [-0.39, 0.29) is 32.7 Å². The van der Waals surface area contributed by atoms with Crippen molar-refractivity contribution in [2.45, 2.75) is 97.0 Å². The van der Waals surface area contributed by atoms with Gasteiger partial charge in [0.15, 0.2) is 0 Å². The van der Waals surface area contributed by atoms with Gasteiger partial charge in [-0.3, -0.25) is 9.59 Å². The van der Waals surface area contributed by atoms with Gasteiger partial charge >= 0.3 is 11.9 Å². The van der Waals surface area contributed by atoms with E-state index in [9.17, 15) is 9.59 Å². The van der Waals surface area contributed by atoms with E-state index in [0.717, 1.165) is 84.4 Å². The molecule has 0 spiro atoms. The molecule has 0 amide bonds. The van der Waals surface area contributed by atoms with E-state index >= 15 is 0 Å². The summed E-state index contributed by atoms with van der Waals surface area (Å²) >= 11 is 0. The highest BCUT2D eigenvalue weighted by atomic mass is 16.5. The van der Waals surface area contributed by atoms with Crippen LogP contribution in [0, 0.1) is 0 Å². The second-order valence-electron chi connectivity index (χ2n) is 8.14. The molecule has 0 aromatic rings. The van der Waals surface area contributed by atoms with Gasteiger partial charge in [0, 0.05) is 65.7 Å². The van der Waals surface area contributed by atoms with Crippen molar-refractivity contribution >= 4 is 11.9 Å². The van der Waals surface area contributed by atoms with Crippen LogP contribution < -0.4 is 0 Å². The number of carbonyl (C=O) groups is 2. The van der Waals surface area contributed by atoms with Crippen molar-refractivity contribution in [3.05, 3.63) is 0 Å². The fourth-order valence-electron chi connectivity index (χ4n) is 2.33. The van der Waals surface area contributed by atoms with Crippen molar-refractivity contribution in [3.8, 4) is 0 Å². The first kappa shape index (κ1) is 38.2. The van der Waals surface area contributed by atoms with Gasteiger partial charge in [-0.05, 0) is 78.1 Å². The molecule has 0 aromatic carbocycles. The molecule has 0 atom stereocenters. The van der Waals surface area contributed by atoms with Gasteiger partial charge in [0.1, 0.15) is 0 Å². The molecule has 0 aliphatic heterocycles. The summed E-state index contributed by atoms with van der Waals surface area (Å²) in [5.74, 6) is -1.74. The van der Waals surface area contributed by atoms with Crippen molar-refractivity contribution in [1.82, 2.24) is 0 Å². The molecule has 0 unspecified atom stereocenters. The van der Waals surface area contributed by atoms with Gasteiger partial charge in [-0.1, -0.05) is 0 Å². The Morgan fingerprint density at radius 3 is 1.14 bits per heavy atom. The van der Waals surface area contributed by atoms with Gasteiger partial charge in [-0.25, -0.2) is 0 Å². The van der Waals surface area contributed by atoms with Gasteiger partial charge in [-0.15, -0.1) is 0 Å². The third-order valence-corrected chi connectivity index (χ3v) is 4.26. The zero-order valence-corrected chi connectivity index (χ0v) is 22.0. The molecule has 0 bridgehead atoms. The van der Waals surface area contributed by atoms with E-state index in [1.54, 1.807) is 0 Å². The molecule has 10 heteroatoms. The zero-order chi connectivity index (χ0) is 27.0. The summed E-state index contributed by atoms with van der Waals surface area (Å²) in [7, 11) is 0. The molecule has 0 aliphatic rings. The van der Waals surface area contributed by atoms with Crippen LogP contribution >= 0.6 is 0 Å². The molecule has 10 nitrogen and oxygen atoms in total. The van der Waals surface area contributed by atoms with Crippen LogP contribution in [0.25, 0.3) is 0 Å². The van der Waals surface area contributed by atoms with E-state index in [1.165, 1.54) is 0 Å². The standard InChI is InChI=1S/C11H24O3.C8H18O3.C6H10O4/c1-11(2)14-10-6-5-9-13-8-4-3-7-12;9-5-1-3-7-11-8-4-2-6-10;7-5(8)3-1-2-4-6(9)10/h11-12H,3-10H2,1-2H3;9-10H,1-8H2;1-4H2,(H,7,8)(H,9,10). The molecule has 0 saturated carbocycles. The molecular formula is C25H52O10. The lowest BCUT2D eigenvalue weighted by atomic mass is 10.2. The van der Waals surface area contributed by atoms with Gasteiger partial charge in [0.25, 0.3) is 0 Å². The number of aliphatic hydroxyl groups is 3. The highest BCUT2D eigenvalue weighted by Gasteiger charge is 1.99. The summed E-state index contributed by atoms with van der Waals surface area (Å²) in [6.07, 6.45) is 8.77. The first-order valence-corrected chi connectivity index (χ1v) is 12.8. The second-order valence-corrected chi connectivity index (χ2v) is 8.14. The number of aliphatic carboxylic acids is 2. The largest absolute Gasteiger partial charge is 0.481 e. The number of rotatable bonds is 23. The number of hydrogen-bond donors (Lipinski definition) is 5. The Hall–Kier alpha value is -1.30. The summed E-state index contributed by atoms with van der Waals surface area (Å²) in [5.41, 5.74) is 0. The SMILES string of the molecule is CC(C)OCCCCOCCCCO.O=C(O)CCCCC(=O)O.OCCCCOCCCCO. The Balaban J connectivity index is -0.000000447. The van der Waals surface area contributed by atoms with E-state index in [1.807, 2.05) is 13.8 Å². The predicted molar refractivity (Wildman–Crippen MR) is 135 cm³/mol. The molecule has 212 valence electrons. The monoisotopic (exact) mass is 512 g/mol. The van der Waals surface area contributed by atoms with Gasteiger partial charge in [-0.2, -0.15) is 0 Å². The lowest BCUT2D eigenvalue weighted by Gasteiger charge is -2.07. The Morgan fingerprint density at radius 2 is 0.857 bits per heavy atom. The van der Waals surface area contributed by atoms with Crippen molar-refractivity contribution in [2.24, 2.45) is 0 Å². The maximum absolute atomic E-state index is 9.90. The number of carboxylic acid groups (broad SMARTS) is 2. The Morgan fingerprint density at radius 1 is 0.543 bits per heavy atom. The van der Waals surface area contributed by atoms with Crippen LogP contribution in [0.15, 0.2) is 0 Å². The molecule has 0 heterocycles. The molecule has 0 rings (SSSR count). The molecule has 0 fully saturated rings. The van der Waals surface area contributed by atoms with Crippen LogP contribution in [0.4, 0.5) is 0 Å². The topological polar surface area (TPSA) is 163 Å². The fraction of sp³-hybridized carbons (Fsp3) is 0.920. The van der Waals surface area contributed by atoms with E-state index in [2.05, 4.69) is 0 Å². The molecule has 35 heavy (non-hydrogen) atoms. The summed E-state index contributed by atoms with van der Waals surface area (Å²) in [5, 5.41) is 41.6. The first-order chi connectivity index (χ1) is 16.8. The third-order valence-electron chi connectivity index (χ3n) is 4.26. The summed E-state index contributed by atoms with van der Waals surface area (Å²) < 4.78 is 16.0. The van der Waals surface area contributed by atoms with E-state index < -0.39 is 11.9 Å². The average Bonchev–Trinajstić information content (AvgIpc) is 2.81. The number of unbranched alkanes of at least 4 members (excludes halogenated alkanes) is 5. The van der Waals surface area contributed by atoms with Crippen molar-refractivity contribution in [2.75, 3.05) is 52.9 Å². The van der Waals surface area contributed by atoms with Crippen molar-refractivity contribution in [3.63, 3.8) is 0 Å². The van der Waals surface area contributed by atoms with Crippen molar-refractivity contribution < 1.29 is 49.3 Å². The minimum Gasteiger partial charge on any atom is -0.481 e. The Labute approximate surface area is 211 Å². The van der Waals surface area contributed by atoms with Crippen LogP contribution in [-0.4, -0.2) is 96.4 Å². The zero-order valence-electron chi connectivity index (χ0n) is 22.0. The Kier molecular flexibility index (Phi) is 38.1. The molecule has 0 saturated heterocycles. The number of ether oxygens (including phenoxy) is 3. The van der Waals surface area contributed by atoms with Gasteiger partial charge < -0.3 is 39.7 Å². The number of hydrogen-bond acceptors (Lipinski definition) is 8. The van der Waals surface area contributed by atoms with Gasteiger partial charge in [0.2, 0.25) is 0 Å². The highest BCUT2D eigenvalue weighted by Crippen LogP contribution is 1.99. The average molecular weight is 513 g/mol. The summed E-state index contributed by atoms with van der Waals surface area (Å²) in [4.78, 5) is 19.8. The smallest absolute Gasteiger partial charge is 0.303 e. The maximum Gasteiger partial charge on any atom is 0.303 e. The van der Waals surface area contributed by atoms with Crippen molar-refractivity contribution in [1.29, 1.82) is 0 Å². The van der Waals surface area contributed by atoms with Gasteiger partial charge in [0.05, 0.1) is 6.10 Å². The highest BCUT2D eigenvalue weighted by molar-refractivity contribution is 5.67. The second kappa shape index (κ2) is 34.9. The molecular weight excluding hydrogens is 460 g/mol. The lowest BCUT2D eigenvalue weighted by molar-refractivity contribution is -0.139. The maximum atomic E-state index is 9.90. The van der Waals surface area contributed by atoms with Crippen LogP contribution in [-0.2, 0) is 23.8 Å². The minimum atomic E-state index is -0.870. The predicted octanol–water partition coefficient (Wildman–Crippen LogP) is 3.24. The molecule has 0 radical (unpaired) electrons. The van der Waals surface area contributed by atoms with E-state index in [0.29, 0.717) is 18.9 Å². The molecule has 0 aromatic heterocycles. The molecule has 0 aliphatic carbocycles. The normalized spacial score (nSPS) is 10.3. The number of aliphatic hydroxyl groups excluding tert-OH is 3. The summed E-state index contributed by atoms with van der Waals surface area (Å²) in [6, 6.07) is 0. The lowest BCUT2D eigenvalue weighted by Crippen LogP contribution is -2.05. The van der Waals surface area contributed by atoms with Crippen LogP contribution in [0.5, 0.6) is 0 Å². The van der Waals surface area contributed by atoms with Crippen LogP contribution in [0.2, 0.25) is 0 Å². The molecule has 5 N–H and O–H groups in total. The third kappa shape index (κ3) is 50.5. The van der Waals surface area contributed by atoms with Crippen LogP contribution in [0.3, 0.4) is 0 Å². The van der Waals surface area contributed by atoms with E-state index in [4.69, 9.17) is 39.7 Å².